The van der Waals surface area contributed by atoms with E-state index < -0.39 is 11.7 Å². The van der Waals surface area contributed by atoms with Gasteiger partial charge in [0.05, 0.1) is 17.4 Å². The van der Waals surface area contributed by atoms with E-state index in [0.29, 0.717) is 11.5 Å². The van der Waals surface area contributed by atoms with Crippen molar-refractivity contribution in [1.29, 1.82) is 0 Å². The van der Waals surface area contributed by atoms with Gasteiger partial charge in [0, 0.05) is 5.69 Å². The maximum Gasteiger partial charge on any atom is 0.258 e. The molecule has 0 fully saturated rings. The van der Waals surface area contributed by atoms with Gasteiger partial charge in [-0.3, -0.25) is 4.79 Å². The minimum atomic E-state index is -0.553. The third kappa shape index (κ3) is 4.01. The van der Waals surface area contributed by atoms with Crippen LogP contribution >= 0.6 is 0 Å². The molecule has 0 spiro atoms. The summed E-state index contributed by atoms with van der Waals surface area (Å²) >= 11 is 0. The largest absolute Gasteiger partial charge is 0.340 e. The van der Waals surface area contributed by atoms with E-state index in [0.717, 1.165) is 12.1 Å². The van der Waals surface area contributed by atoms with Crippen LogP contribution < -0.4 is 10.6 Å². The number of hydrogen-bond acceptors (Lipinski definition) is 3. The molecule has 0 aliphatic rings. The molecule has 4 nitrogen and oxygen atoms in total. The summed E-state index contributed by atoms with van der Waals surface area (Å²) in [6.45, 7) is 2.09. The van der Waals surface area contributed by atoms with Crippen molar-refractivity contribution in [1.82, 2.24) is 4.98 Å². The Balaban J connectivity index is 1.70. The van der Waals surface area contributed by atoms with Gasteiger partial charge in [-0.25, -0.2) is 9.37 Å². The van der Waals surface area contributed by atoms with Crippen LogP contribution in [0.4, 0.5) is 21.6 Å². The van der Waals surface area contributed by atoms with Gasteiger partial charge in [-0.2, -0.15) is 0 Å². The van der Waals surface area contributed by atoms with Crippen molar-refractivity contribution < 1.29 is 9.18 Å². The van der Waals surface area contributed by atoms with E-state index >= 15 is 0 Å². The van der Waals surface area contributed by atoms with Gasteiger partial charge in [-0.05, 0) is 42.3 Å². The van der Waals surface area contributed by atoms with Gasteiger partial charge in [0.25, 0.3) is 5.91 Å². The molecule has 1 amide bonds. The second kappa shape index (κ2) is 7.57. The van der Waals surface area contributed by atoms with E-state index in [-0.39, 0.29) is 5.56 Å². The zero-order chi connectivity index (χ0) is 17.6. The highest BCUT2D eigenvalue weighted by atomic mass is 19.1. The Kier molecular flexibility index (Phi) is 5.04. The highest BCUT2D eigenvalue weighted by Crippen LogP contribution is 2.21. The van der Waals surface area contributed by atoms with Gasteiger partial charge >= 0.3 is 0 Å². The van der Waals surface area contributed by atoms with Crippen LogP contribution in [-0.4, -0.2) is 10.9 Å². The predicted molar refractivity (Wildman–Crippen MR) is 97.7 cm³/mol. The summed E-state index contributed by atoms with van der Waals surface area (Å²) in [6.07, 6.45) is 2.45. The minimum Gasteiger partial charge on any atom is -0.340 e. The number of para-hydroxylation sites is 1. The normalized spacial score (nSPS) is 10.3. The molecule has 2 N–H and O–H groups in total. The van der Waals surface area contributed by atoms with Gasteiger partial charge in [-0.15, -0.1) is 0 Å². The summed E-state index contributed by atoms with van der Waals surface area (Å²) in [5.74, 6) is -0.385. The minimum absolute atomic E-state index is 0.00146. The Labute approximate surface area is 145 Å². The van der Waals surface area contributed by atoms with Crippen LogP contribution in [0.2, 0.25) is 0 Å². The Morgan fingerprint density at radius 3 is 2.52 bits per heavy atom. The second-order valence-corrected chi connectivity index (χ2v) is 5.50. The van der Waals surface area contributed by atoms with Crippen LogP contribution in [0.5, 0.6) is 0 Å². The average Bonchev–Trinajstić information content (AvgIpc) is 2.64. The summed E-state index contributed by atoms with van der Waals surface area (Å²) < 4.78 is 13.6. The Morgan fingerprint density at radius 1 is 1.04 bits per heavy atom. The molecule has 5 heteroatoms. The third-order valence-corrected chi connectivity index (χ3v) is 3.80. The van der Waals surface area contributed by atoms with Crippen molar-refractivity contribution in [3.63, 3.8) is 0 Å². The number of hydrogen-bond donors (Lipinski definition) is 2. The lowest BCUT2D eigenvalue weighted by atomic mass is 10.1. The molecule has 3 aromatic rings. The maximum absolute atomic E-state index is 13.6. The van der Waals surface area contributed by atoms with Crippen molar-refractivity contribution in [2.75, 3.05) is 10.6 Å². The second-order valence-electron chi connectivity index (χ2n) is 5.50. The number of aryl methyl sites for hydroxylation is 1. The molecule has 25 heavy (non-hydrogen) atoms. The topological polar surface area (TPSA) is 54.0 Å². The zero-order valence-corrected chi connectivity index (χ0v) is 13.8. The third-order valence-electron chi connectivity index (χ3n) is 3.80. The lowest BCUT2D eigenvalue weighted by Gasteiger charge is -2.11. The van der Waals surface area contributed by atoms with E-state index in [1.54, 1.807) is 24.3 Å². The predicted octanol–water partition coefficient (Wildman–Crippen LogP) is 4.78. The molecular formula is C20H18FN3O. The first-order valence-electron chi connectivity index (χ1n) is 8.04. The summed E-state index contributed by atoms with van der Waals surface area (Å²) in [5, 5.41) is 5.90. The van der Waals surface area contributed by atoms with Crippen molar-refractivity contribution in [3.8, 4) is 0 Å². The van der Waals surface area contributed by atoms with Gasteiger partial charge < -0.3 is 10.6 Å². The fraction of sp³-hybridized carbons (Fsp3) is 0.100. The number of aromatic nitrogens is 1. The van der Waals surface area contributed by atoms with E-state index in [9.17, 15) is 9.18 Å². The maximum atomic E-state index is 13.6. The van der Waals surface area contributed by atoms with Crippen molar-refractivity contribution >= 4 is 23.1 Å². The van der Waals surface area contributed by atoms with E-state index in [1.165, 1.54) is 23.9 Å². The fourth-order valence-corrected chi connectivity index (χ4v) is 2.47. The number of pyridine rings is 1. The highest BCUT2D eigenvalue weighted by Gasteiger charge is 2.11. The van der Waals surface area contributed by atoms with Crippen LogP contribution in [0.3, 0.4) is 0 Å². The molecule has 3 rings (SSSR count). The number of nitrogens with zero attached hydrogens (tertiary/aromatic N) is 1. The van der Waals surface area contributed by atoms with Crippen LogP contribution in [0.25, 0.3) is 0 Å². The number of carbonyl (C=O) groups excluding carboxylic acids is 1. The lowest BCUT2D eigenvalue weighted by molar-refractivity contribution is 0.102. The number of anilines is 3. The van der Waals surface area contributed by atoms with Crippen LogP contribution in [-0.2, 0) is 6.42 Å². The molecule has 0 atom stereocenters. The van der Waals surface area contributed by atoms with Crippen molar-refractivity contribution in [2.45, 2.75) is 13.3 Å². The summed E-state index contributed by atoms with van der Waals surface area (Å²) in [4.78, 5) is 16.4. The fourth-order valence-electron chi connectivity index (χ4n) is 2.47. The van der Waals surface area contributed by atoms with Crippen molar-refractivity contribution in [3.05, 3.63) is 83.8 Å². The number of rotatable bonds is 5. The van der Waals surface area contributed by atoms with Gasteiger partial charge in [0.2, 0.25) is 0 Å². The molecule has 1 aromatic heterocycles. The van der Waals surface area contributed by atoms with E-state index in [2.05, 4.69) is 28.6 Å². The van der Waals surface area contributed by atoms with E-state index in [4.69, 9.17) is 0 Å². The standard InChI is InChI=1S/C20H18FN3O/c1-2-14-7-3-6-10-18(14)24-19-12-11-15(13-22-19)23-20(25)16-8-4-5-9-17(16)21/h3-13H,2H2,1H3,(H,22,24)(H,23,25). The quantitative estimate of drug-likeness (QED) is 0.705. The van der Waals surface area contributed by atoms with Crippen molar-refractivity contribution in [2.24, 2.45) is 0 Å². The number of carbonyl (C=O) groups is 1. The monoisotopic (exact) mass is 335 g/mol. The molecule has 0 radical (unpaired) electrons. The molecule has 0 saturated carbocycles. The molecule has 126 valence electrons. The molecule has 0 aliphatic heterocycles. The number of amides is 1. The van der Waals surface area contributed by atoms with E-state index in [1.807, 2.05) is 18.2 Å². The first-order valence-corrected chi connectivity index (χ1v) is 8.04. The molecule has 0 unspecified atom stereocenters. The first kappa shape index (κ1) is 16.6. The average molecular weight is 335 g/mol. The molecule has 2 aromatic carbocycles. The van der Waals surface area contributed by atoms with Gasteiger partial charge in [0.1, 0.15) is 11.6 Å². The first-order chi connectivity index (χ1) is 12.2. The highest BCUT2D eigenvalue weighted by molar-refractivity contribution is 6.04. The van der Waals surface area contributed by atoms with Crippen LogP contribution in [0.1, 0.15) is 22.8 Å². The Morgan fingerprint density at radius 2 is 1.80 bits per heavy atom. The van der Waals surface area contributed by atoms with Crippen LogP contribution in [0, 0.1) is 5.82 Å². The number of benzene rings is 2. The smallest absolute Gasteiger partial charge is 0.258 e. The van der Waals surface area contributed by atoms with Crippen LogP contribution in [0.15, 0.2) is 66.9 Å². The summed E-state index contributed by atoms with van der Waals surface area (Å²) in [6, 6.07) is 17.4. The molecule has 0 bridgehead atoms. The molecule has 0 saturated heterocycles. The summed E-state index contributed by atoms with van der Waals surface area (Å²) in [5.41, 5.74) is 2.70. The van der Waals surface area contributed by atoms with Gasteiger partial charge in [-0.1, -0.05) is 37.3 Å². The zero-order valence-electron chi connectivity index (χ0n) is 13.8. The Bertz CT molecular complexity index is 878. The SMILES string of the molecule is CCc1ccccc1Nc1ccc(NC(=O)c2ccccc2F)cn1. The number of halogens is 1. The Hall–Kier alpha value is -3.21. The summed E-state index contributed by atoms with van der Waals surface area (Å²) in [7, 11) is 0. The lowest BCUT2D eigenvalue weighted by Crippen LogP contribution is -2.13. The number of nitrogens with one attached hydrogen (secondary N) is 2. The molecule has 0 aliphatic carbocycles. The molecule has 1 heterocycles. The van der Waals surface area contributed by atoms with Gasteiger partial charge in [0.15, 0.2) is 0 Å². The molecular weight excluding hydrogens is 317 g/mol.